The third kappa shape index (κ3) is 6.09. The van der Waals surface area contributed by atoms with Crippen molar-refractivity contribution in [3.8, 4) is 0 Å². The minimum Gasteiger partial charge on any atom is -0.444 e. The predicted octanol–water partition coefficient (Wildman–Crippen LogP) is 5.70. The summed E-state index contributed by atoms with van der Waals surface area (Å²) in [6.45, 7) is 16.8. The Hall–Kier alpha value is -2.42. The van der Waals surface area contributed by atoms with Crippen molar-refractivity contribution in [2.45, 2.75) is 53.2 Å². The Morgan fingerprint density at radius 3 is 2.41 bits per heavy atom. The van der Waals surface area contributed by atoms with Gasteiger partial charge in [-0.3, -0.25) is 0 Å². The molecule has 9 heteroatoms. The second-order valence-electron chi connectivity index (χ2n) is 8.46. The maximum absolute atomic E-state index is 14.7. The van der Waals surface area contributed by atoms with E-state index in [0.29, 0.717) is 47.9 Å². The van der Waals surface area contributed by atoms with E-state index in [9.17, 15) is 9.18 Å². The van der Waals surface area contributed by atoms with Crippen molar-refractivity contribution in [1.29, 1.82) is 0 Å². The van der Waals surface area contributed by atoms with Crippen molar-refractivity contribution >= 4 is 39.9 Å². The van der Waals surface area contributed by atoms with E-state index in [2.05, 4.69) is 32.5 Å². The lowest BCUT2D eigenvalue weighted by molar-refractivity contribution is 0.0179. The van der Waals surface area contributed by atoms with Crippen LogP contribution in [0, 0.1) is 5.82 Å². The number of hydrogen-bond acceptors (Lipinski definition) is 6. The molecule has 1 unspecified atom stereocenters. The van der Waals surface area contributed by atoms with Gasteiger partial charge in [0.15, 0.2) is 0 Å². The van der Waals surface area contributed by atoms with Gasteiger partial charge in [0.25, 0.3) is 0 Å². The summed E-state index contributed by atoms with van der Waals surface area (Å²) in [6.07, 6.45) is 3.11. The van der Waals surface area contributed by atoms with Gasteiger partial charge in [-0.2, -0.15) is 5.10 Å². The number of halogens is 2. The number of hydrazone groups is 1. The summed E-state index contributed by atoms with van der Waals surface area (Å²) >= 11 is 3.25. The van der Waals surface area contributed by atoms with Gasteiger partial charge in [0.2, 0.25) is 5.96 Å². The number of allylic oxidation sites excluding steroid dienone is 1. The van der Waals surface area contributed by atoms with Crippen LogP contribution in [0.5, 0.6) is 0 Å². The van der Waals surface area contributed by atoms with Crippen molar-refractivity contribution in [2.75, 3.05) is 26.2 Å². The first-order valence-corrected chi connectivity index (χ1v) is 11.5. The lowest BCUT2D eigenvalue weighted by Crippen LogP contribution is -2.55. The molecule has 1 aromatic rings. The monoisotopic (exact) mass is 509 g/mol. The van der Waals surface area contributed by atoms with E-state index >= 15 is 0 Å². The zero-order valence-corrected chi connectivity index (χ0v) is 21.3. The number of ether oxygens (including phenoxy) is 1. The number of carbonyl (C=O) groups is 1. The Balaban J connectivity index is 0.00000114. The van der Waals surface area contributed by atoms with Gasteiger partial charge >= 0.3 is 6.09 Å². The first kappa shape index (κ1) is 25.8. The molecule has 1 atom stereocenters. The number of benzene rings is 1. The summed E-state index contributed by atoms with van der Waals surface area (Å²) in [5.74, 6) is 0.345. The smallest absolute Gasteiger partial charge is 0.410 e. The zero-order chi connectivity index (χ0) is 24.1. The second kappa shape index (κ2) is 10.9. The number of hydrogen-bond donors (Lipinski definition) is 0. The Bertz CT molecular complexity index is 889. The first-order valence-electron chi connectivity index (χ1n) is 10.7. The molecule has 2 aliphatic heterocycles. The second-order valence-corrected chi connectivity index (χ2v) is 9.32. The number of amides is 1. The topological polar surface area (TPSA) is 60.7 Å². The Kier molecular flexibility index (Phi) is 8.83. The number of nitrogens with zero attached hydrogens (tertiary/aromatic N) is 5. The molecule has 32 heavy (non-hydrogen) atoms. The van der Waals surface area contributed by atoms with Crippen LogP contribution in [0.4, 0.5) is 14.9 Å². The van der Waals surface area contributed by atoms with E-state index < -0.39 is 5.60 Å². The van der Waals surface area contributed by atoms with Gasteiger partial charge in [-0.1, -0.05) is 6.08 Å². The molecule has 0 spiro atoms. The fourth-order valence-electron chi connectivity index (χ4n) is 3.41. The molecular formula is C23H33BrFN5O2. The zero-order valence-electron chi connectivity index (χ0n) is 19.7. The molecule has 0 radical (unpaired) electrons. The molecule has 1 aromatic carbocycles. The molecule has 2 aliphatic rings. The van der Waals surface area contributed by atoms with Crippen LogP contribution in [0.3, 0.4) is 0 Å². The lowest BCUT2D eigenvalue weighted by Gasteiger charge is -2.42. The number of aliphatic imine (C=N–C) groups is 1. The number of rotatable bonds is 1. The molecule has 0 aliphatic carbocycles. The van der Waals surface area contributed by atoms with Gasteiger partial charge in [0.1, 0.15) is 11.4 Å². The van der Waals surface area contributed by atoms with Gasteiger partial charge in [0, 0.05) is 38.0 Å². The van der Waals surface area contributed by atoms with E-state index in [-0.39, 0.29) is 18.0 Å². The van der Waals surface area contributed by atoms with Crippen LogP contribution in [0.1, 0.15) is 53.1 Å². The molecule has 0 aromatic heterocycles. The fourth-order valence-corrected chi connectivity index (χ4v) is 3.76. The van der Waals surface area contributed by atoms with Crippen LogP contribution in [0.15, 0.2) is 39.4 Å². The van der Waals surface area contributed by atoms with E-state index in [0.717, 1.165) is 0 Å². The van der Waals surface area contributed by atoms with Crippen molar-refractivity contribution in [1.82, 2.24) is 14.8 Å². The van der Waals surface area contributed by atoms with Crippen LogP contribution >= 0.6 is 15.9 Å². The SMILES string of the molecule is C/C=N\N1C(N2CCN(C(=O)OC(C)(C)C)CC2)=Nc2ccc(Br)c(F)c2C1C.C=CC. The molecule has 2 heterocycles. The highest BCUT2D eigenvalue weighted by atomic mass is 79.9. The largest absolute Gasteiger partial charge is 0.444 e. The van der Waals surface area contributed by atoms with Crippen LogP contribution in [0.25, 0.3) is 0 Å². The molecule has 1 amide bonds. The van der Waals surface area contributed by atoms with E-state index in [1.165, 1.54) is 0 Å². The van der Waals surface area contributed by atoms with Gasteiger partial charge in [-0.25, -0.2) is 19.2 Å². The van der Waals surface area contributed by atoms with Gasteiger partial charge in [0.05, 0.1) is 16.2 Å². The molecule has 7 nitrogen and oxygen atoms in total. The summed E-state index contributed by atoms with van der Waals surface area (Å²) in [5.41, 5.74) is 0.595. The highest BCUT2D eigenvalue weighted by Gasteiger charge is 2.35. The van der Waals surface area contributed by atoms with E-state index in [1.54, 1.807) is 28.3 Å². The van der Waals surface area contributed by atoms with Gasteiger partial charge in [-0.15, -0.1) is 6.58 Å². The van der Waals surface area contributed by atoms with Crippen molar-refractivity contribution in [3.05, 3.63) is 40.6 Å². The normalized spacial score (nSPS) is 18.6. The maximum Gasteiger partial charge on any atom is 0.410 e. The molecule has 0 bridgehead atoms. The van der Waals surface area contributed by atoms with Crippen molar-refractivity contribution in [2.24, 2.45) is 10.1 Å². The lowest BCUT2D eigenvalue weighted by atomic mass is 10.0. The molecule has 3 rings (SSSR count). The number of piperazine rings is 1. The van der Waals surface area contributed by atoms with E-state index in [4.69, 9.17) is 9.73 Å². The average Bonchev–Trinajstić information content (AvgIpc) is 2.72. The molecular weight excluding hydrogens is 477 g/mol. The fraction of sp³-hybridized carbons (Fsp3) is 0.522. The Morgan fingerprint density at radius 1 is 1.28 bits per heavy atom. The number of guanidine groups is 1. The standard InChI is InChI=1S/C20H27BrFN5O2.C3H6/c1-6-23-27-13(2)16-15(8-7-14(21)17(16)22)24-18(27)25-9-11-26(12-10-25)19(28)29-20(3,4)5;1-3-2/h6-8,13H,9-12H2,1-5H3;3H,1H2,2H3/b23-6-;. The van der Waals surface area contributed by atoms with Crippen LogP contribution < -0.4 is 0 Å². The molecule has 176 valence electrons. The Labute approximate surface area is 198 Å². The highest BCUT2D eigenvalue weighted by Crippen LogP contribution is 2.39. The van der Waals surface area contributed by atoms with E-state index in [1.807, 2.05) is 47.6 Å². The first-order chi connectivity index (χ1) is 15.0. The third-order valence-corrected chi connectivity index (χ3v) is 5.39. The summed E-state index contributed by atoms with van der Waals surface area (Å²) in [6, 6.07) is 3.17. The predicted molar refractivity (Wildman–Crippen MR) is 131 cm³/mol. The summed E-state index contributed by atoms with van der Waals surface area (Å²) in [4.78, 5) is 20.8. The summed E-state index contributed by atoms with van der Waals surface area (Å²) in [7, 11) is 0. The minimum absolute atomic E-state index is 0.309. The maximum atomic E-state index is 14.7. The van der Waals surface area contributed by atoms with Gasteiger partial charge < -0.3 is 14.5 Å². The Morgan fingerprint density at radius 2 is 1.88 bits per heavy atom. The molecule has 0 saturated carbocycles. The number of fused-ring (bicyclic) bond motifs is 1. The minimum atomic E-state index is -0.522. The van der Waals surface area contributed by atoms with Crippen molar-refractivity contribution in [3.63, 3.8) is 0 Å². The quantitative estimate of drug-likeness (QED) is 0.359. The number of carbonyl (C=O) groups excluding carboxylic acids is 1. The van der Waals surface area contributed by atoms with Gasteiger partial charge in [-0.05, 0) is 69.6 Å². The van der Waals surface area contributed by atoms with Crippen molar-refractivity contribution < 1.29 is 13.9 Å². The highest BCUT2D eigenvalue weighted by molar-refractivity contribution is 9.10. The molecule has 1 saturated heterocycles. The third-order valence-electron chi connectivity index (χ3n) is 4.77. The molecule has 0 N–H and O–H groups in total. The summed E-state index contributed by atoms with van der Waals surface area (Å²) in [5, 5.41) is 6.18. The summed E-state index contributed by atoms with van der Waals surface area (Å²) < 4.78 is 20.6. The molecule has 1 fully saturated rings. The van der Waals surface area contributed by atoms with Crippen LogP contribution in [-0.2, 0) is 4.74 Å². The van der Waals surface area contributed by atoms with Crippen LogP contribution in [-0.4, -0.2) is 64.9 Å². The average molecular weight is 510 g/mol. The van der Waals surface area contributed by atoms with Crippen LogP contribution in [0.2, 0.25) is 0 Å².